The van der Waals surface area contributed by atoms with Gasteiger partial charge in [-0.2, -0.15) is 0 Å². The minimum absolute atomic E-state index is 0.0447. The number of benzene rings is 5. The van der Waals surface area contributed by atoms with E-state index in [0.717, 1.165) is 58.1 Å². The van der Waals surface area contributed by atoms with Gasteiger partial charge in [-0.3, -0.25) is 9.59 Å². The predicted molar refractivity (Wildman–Crippen MR) is 212 cm³/mol. The van der Waals surface area contributed by atoms with E-state index in [1.807, 2.05) is 122 Å². The lowest BCUT2D eigenvalue weighted by atomic mass is 9.96. The van der Waals surface area contributed by atoms with Crippen LogP contribution in [0.5, 0.6) is 5.75 Å². The molecule has 5 aromatic carbocycles. The van der Waals surface area contributed by atoms with E-state index >= 15 is 0 Å². The Balaban J connectivity index is 1.13. The molecule has 270 valence electrons. The highest BCUT2D eigenvalue weighted by atomic mass is 16.5. The van der Waals surface area contributed by atoms with Crippen molar-refractivity contribution >= 4 is 17.3 Å². The molecule has 6 aromatic rings. The van der Waals surface area contributed by atoms with E-state index in [4.69, 9.17) is 14.1 Å². The van der Waals surface area contributed by atoms with Crippen LogP contribution in [0.4, 0.5) is 5.69 Å². The molecule has 6 rings (SSSR count). The Kier molecular flexibility index (Phi) is 12.6. The molecule has 0 aliphatic carbocycles. The first kappa shape index (κ1) is 37.0. The van der Waals surface area contributed by atoms with Gasteiger partial charge in [0.2, 0.25) is 5.89 Å². The maximum Gasteiger partial charge on any atom is 0.226 e. The summed E-state index contributed by atoms with van der Waals surface area (Å²) in [7, 11) is 4.11. The highest BCUT2D eigenvalue weighted by Crippen LogP contribution is 2.25. The van der Waals surface area contributed by atoms with Crippen LogP contribution in [-0.4, -0.2) is 54.7 Å². The number of anilines is 1. The lowest BCUT2D eigenvalue weighted by Crippen LogP contribution is -2.25. The fourth-order valence-corrected chi connectivity index (χ4v) is 6.34. The first-order valence-corrected chi connectivity index (χ1v) is 18.3. The molecule has 1 N–H and O–H groups in total. The van der Waals surface area contributed by atoms with Crippen molar-refractivity contribution < 1.29 is 18.7 Å². The Morgan fingerprint density at radius 1 is 0.774 bits per heavy atom. The first-order valence-electron chi connectivity index (χ1n) is 18.3. The fraction of sp³-hybridized carbons (Fsp3) is 0.239. The van der Waals surface area contributed by atoms with Crippen molar-refractivity contribution in [3.63, 3.8) is 0 Å². The van der Waals surface area contributed by atoms with Gasteiger partial charge in [0, 0.05) is 53.4 Å². The smallest absolute Gasteiger partial charge is 0.226 e. The van der Waals surface area contributed by atoms with Crippen LogP contribution in [0.2, 0.25) is 0 Å². The van der Waals surface area contributed by atoms with Gasteiger partial charge in [0.25, 0.3) is 0 Å². The van der Waals surface area contributed by atoms with Gasteiger partial charge < -0.3 is 19.4 Å². The number of rotatable bonds is 18. The van der Waals surface area contributed by atoms with Crippen LogP contribution in [0, 0.1) is 6.92 Å². The van der Waals surface area contributed by atoms with E-state index in [9.17, 15) is 9.59 Å². The van der Waals surface area contributed by atoms with Gasteiger partial charge in [0.05, 0.1) is 12.3 Å². The van der Waals surface area contributed by atoms with Crippen LogP contribution < -0.4 is 10.1 Å². The Labute approximate surface area is 312 Å². The molecule has 7 nitrogen and oxygen atoms in total. The highest BCUT2D eigenvalue weighted by molar-refractivity contribution is 6.12. The molecule has 1 aromatic heterocycles. The number of Topliss-reactive ketones (excluding diaryl/α,β-unsaturated/α-hetero) is 1. The Morgan fingerprint density at radius 2 is 1.47 bits per heavy atom. The third-order valence-corrected chi connectivity index (χ3v) is 9.31. The van der Waals surface area contributed by atoms with Crippen molar-refractivity contribution in [2.24, 2.45) is 0 Å². The number of ketones is 2. The van der Waals surface area contributed by atoms with Crippen LogP contribution in [-0.2, 0) is 19.3 Å². The number of ether oxygens (including phenoxy) is 1. The quantitative estimate of drug-likeness (QED) is 0.0893. The second-order valence-electron chi connectivity index (χ2n) is 13.6. The minimum Gasteiger partial charge on any atom is -0.493 e. The van der Waals surface area contributed by atoms with Gasteiger partial charge in [0.15, 0.2) is 11.6 Å². The summed E-state index contributed by atoms with van der Waals surface area (Å²) in [4.78, 5) is 33.9. The lowest BCUT2D eigenvalue weighted by molar-refractivity contribution is 0.0976. The maximum absolute atomic E-state index is 13.6. The van der Waals surface area contributed by atoms with E-state index in [1.54, 1.807) is 0 Å². The number of nitrogens with one attached hydrogen (secondary N) is 1. The summed E-state index contributed by atoms with van der Waals surface area (Å²) in [5.74, 6) is 2.25. The molecular weight excluding hydrogens is 659 g/mol. The summed E-state index contributed by atoms with van der Waals surface area (Å²) in [6, 6.07) is 42.8. The molecule has 0 amide bonds. The van der Waals surface area contributed by atoms with Gasteiger partial charge in [-0.1, -0.05) is 91.0 Å². The van der Waals surface area contributed by atoms with Crippen LogP contribution >= 0.6 is 0 Å². The van der Waals surface area contributed by atoms with E-state index < -0.39 is 0 Å². The number of carbonyl (C=O) groups excluding carboxylic acids is 2. The molecule has 0 saturated heterocycles. The normalized spacial score (nSPS) is 11.7. The van der Waals surface area contributed by atoms with Gasteiger partial charge in [-0.25, -0.2) is 4.98 Å². The second-order valence-corrected chi connectivity index (χ2v) is 13.6. The van der Waals surface area contributed by atoms with Crippen LogP contribution in [0.15, 0.2) is 138 Å². The monoisotopic (exact) mass is 705 g/mol. The average molecular weight is 706 g/mol. The van der Waals surface area contributed by atoms with Gasteiger partial charge in [-0.05, 0) is 93.9 Å². The molecule has 53 heavy (non-hydrogen) atoms. The minimum atomic E-state index is -0.110. The number of oxazole rings is 1. The molecule has 0 unspecified atom stereocenters. The first-order chi connectivity index (χ1) is 25.8. The number of nitrogens with zero attached hydrogens (tertiary/aromatic N) is 2. The lowest BCUT2D eigenvalue weighted by Gasteiger charge is -2.22. The molecule has 0 bridgehead atoms. The molecule has 0 aliphatic heterocycles. The Morgan fingerprint density at radius 3 is 2.23 bits per heavy atom. The number of aromatic nitrogens is 1. The molecular formula is C46H47N3O4. The predicted octanol–water partition coefficient (Wildman–Crippen LogP) is 9.29. The van der Waals surface area contributed by atoms with E-state index in [0.29, 0.717) is 49.3 Å². The van der Waals surface area contributed by atoms with Gasteiger partial charge in [0.1, 0.15) is 11.5 Å². The van der Waals surface area contributed by atoms with Crippen molar-refractivity contribution in [2.75, 3.05) is 32.6 Å². The SMILES string of the molecule is Cc1oc(-c2ccccc2)nc1CCOc1ccc(C[C@@H](CCC(=O)c2cccc(CCN(C)C)c2)Nc2ccccc2C(=O)c2ccccc2)cc1. The topological polar surface area (TPSA) is 84.7 Å². The number of likely N-dealkylation sites (N-methyl/N-ethyl adjacent to an activating group) is 1. The molecule has 1 atom stereocenters. The Bertz CT molecular complexity index is 2090. The summed E-state index contributed by atoms with van der Waals surface area (Å²) in [5.41, 5.74) is 6.81. The summed E-state index contributed by atoms with van der Waals surface area (Å²) in [5, 5.41) is 3.66. The van der Waals surface area contributed by atoms with Crippen molar-refractivity contribution in [2.45, 2.75) is 45.1 Å². The van der Waals surface area contributed by atoms with Crippen LogP contribution in [0.3, 0.4) is 0 Å². The van der Waals surface area contributed by atoms with Crippen LogP contribution in [0.25, 0.3) is 11.5 Å². The van der Waals surface area contributed by atoms with Gasteiger partial charge >= 0.3 is 0 Å². The third-order valence-electron chi connectivity index (χ3n) is 9.31. The molecule has 0 radical (unpaired) electrons. The van der Waals surface area contributed by atoms with Crippen molar-refractivity contribution in [3.05, 3.63) is 173 Å². The van der Waals surface area contributed by atoms with Crippen LogP contribution in [0.1, 0.15) is 61.7 Å². The molecule has 0 aliphatic rings. The number of hydrogen-bond donors (Lipinski definition) is 1. The maximum atomic E-state index is 13.6. The molecule has 0 saturated carbocycles. The molecule has 0 fully saturated rings. The van der Waals surface area contributed by atoms with Crippen molar-refractivity contribution in [1.29, 1.82) is 0 Å². The number of para-hydroxylation sites is 1. The average Bonchev–Trinajstić information content (AvgIpc) is 3.57. The summed E-state index contributed by atoms with van der Waals surface area (Å²) < 4.78 is 12.0. The van der Waals surface area contributed by atoms with E-state index in [2.05, 4.69) is 42.5 Å². The highest BCUT2D eigenvalue weighted by Gasteiger charge is 2.19. The fourth-order valence-electron chi connectivity index (χ4n) is 6.34. The van der Waals surface area contributed by atoms with E-state index in [1.165, 1.54) is 0 Å². The second kappa shape index (κ2) is 18.1. The van der Waals surface area contributed by atoms with Crippen molar-refractivity contribution in [1.82, 2.24) is 9.88 Å². The summed E-state index contributed by atoms with van der Waals surface area (Å²) >= 11 is 0. The van der Waals surface area contributed by atoms with Crippen molar-refractivity contribution in [3.8, 4) is 17.2 Å². The number of aryl methyl sites for hydroxylation is 1. The molecule has 7 heteroatoms. The zero-order valence-corrected chi connectivity index (χ0v) is 30.8. The van der Waals surface area contributed by atoms with E-state index in [-0.39, 0.29) is 17.6 Å². The zero-order valence-electron chi connectivity index (χ0n) is 30.8. The van der Waals surface area contributed by atoms with Gasteiger partial charge in [-0.15, -0.1) is 0 Å². The number of hydrogen-bond acceptors (Lipinski definition) is 7. The Hall–Kier alpha value is -5.79. The molecule has 1 heterocycles. The standard InChI is InChI=1S/C46H47N3O4/c1-33-42(48-46(53-33)37-16-8-5-9-17-37)28-30-52-40-24-21-35(22-25-40)32-39(23-26-44(50)38-18-12-13-34(31-38)27-29-49(2)3)47-43-20-11-10-19-41(43)45(51)36-14-6-4-7-15-36/h4-22,24-25,31,39,47H,23,26-30,32H2,1-3H3/t39-/m1/s1. The largest absolute Gasteiger partial charge is 0.493 e. The third kappa shape index (κ3) is 10.4. The molecule has 0 spiro atoms. The summed E-state index contributed by atoms with van der Waals surface area (Å²) in [6.07, 6.45) is 3.14. The zero-order chi connectivity index (χ0) is 37.0. The summed E-state index contributed by atoms with van der Waals surface area (Å²) in [6.45, 7) is 3.32. The number of carbonyl (C=O) groups is 2.